The molecule has 33 heavy (non-hydrogen) atoms. The van der Waals surface area contributed by atoms with Crippen LogP contribution in [0.25, 0.3) is 11.4 Å². The van der Waals surface area contributed by atoms with Gasteiger partial charge in [0, 0.05) is 37.4 Å². The number of aromatic nitrogens is 4. The standard InChI is InChI=1S/C23H22F3N5O2/c1-14-8-11-27-20(19(14)21-28-9-4-10-29-21)22(32)31-12-3-5-17(15(31)2)33-18-7-6-16(13-30-18)23(24,25)26/h4,6-11,13,15,17H,3,5,12H2,1-2H3/t15-,17+/m0/s1. The second-order valence-corrected chi connectivity index (χ2v) is 7.84. The molecule has 4 rings (SSSR count). The topological polar surface area (TPSA) is 81.1 Å². The molecule has 10 heteroatoms. The Kier molecular flexibility index (Phi) is 6.26. The van der Waals surface area contributed by atoms with Crippen LogP contribution in [0.1, 0.15) is 41.4 Å². The zero-order valence-electron chi connectivity index (χ0n) is 18.1. The lowest BCUT2D eigenvalue weighted by Gasteiger charge is -2.39. The van der Waals surface area contributed by atoms with Gasteiger partial charge in [-0.1, -0.05) is 0 Å². The molecule has 0 saturated carbocycles. The molecule has 0 unspecified atom stereocenters. The Morgan fingerprint density at radius 2 is 1.85 bits per heavy atom. The quantitative estimate of drug-likeness (QED) is 0.580. The third-order valence-corrected chi connectivity index (χ3v) is 5.67. The summed E-state index contributed by atoms with van der Waals surface area (Å²) in [5, 5.41) is 0. The molecule has 0 radical (unpaired) electrons. The average Bonchev–Trinajstić information content (AvgIpc) is 2.80. The highest BCUT2D eigenvalue weighted by molar-refractivity contribution is 5.99. The number of aryl methyl sites for hydroxylation is 1. The van der Waals surface area contributed by atoms with Crippen molar-refractivity contribution in [1.29, 1.82) is 0 Å². The van der Waals surface area contributed by atoms with E-state index in [1.807, 2.05) is 13.8 Å². The predicted molar refractivity (Wildman–Crippen MR) is 113 cm³/mol. The summed E-state index contributed by atoms with van der Waals surface area (Å²) in [6.07, 6.45) is 1.95. The van der Waals surface area contributed by atoms with Gasteiger partial charge in [-0.05, 0) is 50.5 Å². The molecule has 1 aliphatic heterocycles. The minimum absolute atomic E-state index is 0.0844. The number of carbonyl (C=O) groups excluding carboxylic acids is 1. The summed E-state index contributed by atoms with van der Waals surface area (Å²) in [6.45, 7) is 4.22. The highest BCUT2D eigenvalue weighted by Crippen LogP contribution is 2.31. The maximum absolute atomic E-state index is 13.5. The number of pyridine rings is 2. The minimum atomic E-state index is -4.46. The maximum Gasteiger partial charge on any atom is 0.417 e. The maximum atomic E-state index is 13.5. The highest BCUT2D eigenvalue weighted by atomic mass is 19.4. The van der Waals surface area contributed by atoms with Crippen LogP contribution in [0.2, 0.25) is 0 Å². The van der Waals surface area contributed by atoms with Crippen molar-refractivity contribution in [3.63, 3.8) is 0 Å². The van der Waals surface area contributed by atoms with Gasteiger partial charge < -0.3 is 9.64 Å². The van der Waals surface area contributed by atoms with Crippen LogP contribution in [0.15, 0.2) is 49.1 Å². The number of alkyl halides is 3. The van der Waals surface area contributed by atoms with Crippen molar-refractivity contribution in [2.45, 2.75) is 45.0 Å². The first kappa shape index (κ1) is 22.6. The molecular formula is C23H22F3N5O2. The largest absolute Gasteiger partial charge is 0.472 e. The van der Waals surface area contributed by atoms with Gasteiger partial charge in [-0.3, -0.25) is 9.78 Å². The van der Waals surface area contributed by atoms with Crippen molar-refractivity contribution in [1.82, 2.24) is 24.8 Å². The van der Waals surface area contributed by atoms with Gasteiger partial charge in [0.05, 0.1) is 17.2 Å². The molecule has 0 aromatic carbocycles. The van der Waals surface area contributed by atoms with Crippen molar-refractivity contribution in [3.05, 3.63) is 65.9 Å². The SMILES string of the molecule is Cc1ccnc(C(=O)N2CCC[C@@H](Oc3ccc(C(F)(F)F)cn3)[C@@H]2C)c1-c1ncccn1. The van der Waals surface area contributed by atoms with E-state index in [-0.39, 0.29) is 23.5 Å². The third kappa shape index (κ3) is 4.79. The van der Waals surface area contributed by atoms with Crippen LogP contribution < -0.4 is 4.74 Å². The summed E-state index contributed by atoms with van der Waals surface area (Å²) in [5.41, 5.74) is 0.805. The van der Waals surface area contributed by atoms with Crippen molar-refractivity contribution >= 4 is 5.91 Å². The fourth-order valence-electron chi connectivity index (χ4n) is 3.89. The Bertz CT molecular complexity index is 1120. The molecule has 7 nitrogen and oxygen atoms in total. The normalized spacial score (nSPS) is 18.8. The van der Waals surface area contributed by atoms with Gasteiger partial charge in [-0.2, -0.15) is 13.2 Å². The zero-order valence-corrected chi connectivity index (χ0v) is 18.1. The van der Waals surface area contributed by atoms with E-state index in [0.717, 1.165) is 17.8 Å². The summed E-state index contributed by atoms with van der Waals surface area (Å²) < 4.78 is 44.2. The predicted octanol–water partition coefficient (Wildman–Crippen LogP) is 4.33. The molecule has 1 amide bonds. The number of rotatable bonds is 4. The van der Waals surface area contributed by atoms with E-state index >= 15 is 0 Å². The minimum Gasteiger partial charge on any atom is -0.472 e. The van der Waals surface area contributed by atoms with Gasteiger partial charge in [0.2, 0.25) is 5.88 Å². The molecule has 172 valence electrons. The monoisotopic (exact) mass is 457 g/mol. The number of likely N-dealkylation sites (tertiary alicyclic amines) is 1. The smallest absolute Gasteiger partial charge is 0.417 e. The van der Waals surface area contributed by atoms with Gasteiger partial charge in [0.25, 0.3) is 5.91 Å². The van der Waals surface area contributed by atoms with E-state index in [9.17, 15) is 18.0 Å². The molecular weight excluding hydrogens is 435 g/mol. The number of hydrogen-bond acceptors (Lipinski definition) is 6. The molecule has 1 saturated heterocycles. The molecule has 3 aromatic rings. The lowest BCUT2D eigenvalue weighted by Crippen LogP contribution is -2.51. The Balaban J connectivity index is 1.56. The van der Waals surface area contributed by atoms with Gasteiger partial charge in [0.1, 0.15) is 11.8 Å². The fraction of sp³-hybridized carbons (Fsp3) is 0.348. The first-order valence-corrected chi connectivity index (χ1v) is 10.5. The number of piperidine rings is 1. The summed E-state index contributed by atoms with van der Waals surface area (Å²) in [5.74, 6) is 0.224. The van der Waals surface area contributed by atoms with Crippen LogP contribution in [-0.2, 0) is 6.18 Å². The Morgan fingerprint density at radius 3 is 2.52 bits per heavy atom. The molecule has 4 heterocycles. The molecule has 0 spiro atoms. The highest BCUT2D eigenvalue weighted by Gasteiger charge is 2.36. The average molecular weight is 457 g/mol. The second-order valence-electron chi connectivity index (χ2n) is 7.84. The summed E-state index contributed by atoms with van der Waals surface area (Å²) in [6, 6.07) is 5.28. The first-order chi connectivity index (χ1) is 15.8. The molecule has 0 N–H and O–H groups in total. The van der Waals surface area contributed by atoms with Gasteiger partial charge in [-0.25, -0.2) is 15.0 Å². The Labute approximate surface area is 188 Å². The molecule has 3 aromatic heterocycles. The molecule has 0 aliphatic carbocycles. The van der Waals surface area contributed by atoms with Crippen LogP contribution in [0, 0.1) is 6.92 Å². The first-order valence-electron chi connectivity index (χ1n) is 10.5. The van der Waals surface area contributed by atoms with E-state index in [0.29, 0.717) is 30.8 Å². The Hall–Kier alpha value is -3.56. The van der Waals surface area contributed by atoms with Crippen LogP contribution in [0.3, 0.4) is 0 Å². The van der Waals surface area contributed by atoms with E-state index < -0.39 is 17.8 Å². The van der Waals surface area contributed by atoms with Gasteiger partial charge >= 0.3 is 6.18 Å². The van der Waals surface area contributed by atoms with E-state index in [2.05, 4.69) is 19.9 Å². The number of carbonyl (C=O) groups is 1. The summed E-state index contributed by atoms with van der Waals surface area (Å²) in [4.78, 5) is 31.9. The summed E-state index contributed by atoms with van der Waals surface area (Å²) >= 11 is 0. The number of hydrogen-bond donors (Lipinski definition) is 0. The van der Waals surface area contributed by atoms with Crippen molar-refractivity contribution in [3.8, 4) is 17.3 Å². The summed E-state index contributed by atoms with van der Waals surface area (Å²) in [7, 11) is 0. The van der Waals surface area contributed by atoms with Crippen LogP contribution in [0.4, 0.5) is 13.2 Å². The molecule has 1 aliphatic rings. The number of amides is 1. The fourth-order valence-corrected chi connectivity index (χ4v) is 3.89. The molecule has 2 atom stereocenters. The van der Waals surface area contributed by atoms with Gasteiger partial charge in [-0.15, -0.1) is 0 Å². The van der Waals surface area contributed by atoms with E-state index in [4.69, 9.17) is 4.74 Å². The van der Waals surface area contributed by atoms with Crippen molar-refractivity contribution in [2.24, 2.45) is 0 Å². The zero-order chi connectivity index (χ0) is 23.6. The number of halogens is 3. The third-order valence-electron chi connectivity index (χ3n) is 5.67. The lowest BCUT2D eigenvalue weighted by atomic mass is 9.98. The second kappa shape index (κ2) is 9.13. The van der Waals surface area contributed by atoms with E-state index in [1.54, 1.807) is 35.6 Å². The Morgan fingerprint density at radius 1 is 1.09 bits per heavy atom. The van der Waals surface area contributed by atoms with Gasteiger partial charge in [0.15, 0.2) is 5.82 Å². The van der Waals surface area contributed by atoms with Crippen LogP contribution in [-0.4, -0.2) is 49.4 Å². The molecule has 0 bridgehead atoms. The van der Waals surface area contributed by atoms with E-state index in [1.165, 1.54) is 6.07 Å². The van der Waals surface area contributed by atoms with Crippen molar-refractivity contribution in [2.75, 3.05) is 6.54 Å². The van der Waals surface area contributed by atoms with Crippen molar-refractivity contribution < 1.29 is 22.7 Å². The molecule has 1 fully saturated rings. The number of nitrogens with zero attached hydrogens (tertiary/aromatic N) is 5. The number of ether oxygens (including phenoxy) is 1. The van der Waals surface area contributed by atoms with Crippen LogP contribution >= 0.6 is 0 Å². The van der Waals surface area contributed by atoms with Crippen LogP contribution in [0.5, 0.6) is 5.88 Å². The lowest BCUT2D eigenvalue weighted by molar-refractivity contribution is -0.137.